The van der Waals surface area contributed by atoms with E-state index in [1.807, 2.05) is 26.1 Å². The lowest BCUT2D eigenvalue weighted by atomic mass is 10.1. The van der Waals surface area contributed by atoms with Crippen LogP contribution in [0.1, 0.15) is 36.3 Å². The van der Waals surface area contributed by atoms with Crippen LogP contribution in [0.5, 0.6) is 0 Å². The molecule has 0 radical (unpaired) electrons. The summed E-state index contributed by atoms with van der Waals surface area (Å²) < 4.78 is 0. The number of carbonyl (C=O) groups excluding carboxylic acids is 2. The number of nitrogens with zero attached hydrogens (tertiary/aromatic N) is 3. The normalized spacial score (nSPS) is 19.1. The molecule has 0 aliphatic carbocycles. The monoisotopic (exact) mass is 467 g/mol. The van der Waals surface area contributed by atoms with Gasteiger partial charge in [0.2, 0.25) is 5.91 Å². The van der Waals surface area contributed by atoms with E-state index in [2.05, 4.69) is 43.8 Å². The Bertz CT molecular complexity index is 981. The molecule has 0 spiro atoms. The van der Waals surface area contributed by atoms with E-state index in [1.54, 1.807) is 26.3 Å². The molecule has 0 fully saturated rings. The van der Waals surface area contributed by atoms with E-state index in [9.17, 15) is 9.59 Å². The van der Waals surface area contributed by atoms with Crippen LogP contribution in [0, 0.1) is 6.92 Å². The van der Waals surface area contributed by atoms with Crippen molar-refractivity contribution < 1.29 is 9.59 Å². The first kappa shape index (κ1) is 26.9. The Morgan fingerprint density at radius 2 is 2.09 bits per heavy atom. The number of carbonyl (C=O) groups is 2. The summed E-state index contributed by atoms with van der Waals surface area (Å²) in [6.45, 7) is 7.93. The molecule has 2 heterocycles. The van der Waals surface area contributed by atoms with Crippen LogP contribution in [0.3, 0.4) is 0 Å². The average Bonchev–Trinajstić information content (AvgIpc) is 2.95. The molecular formula is C25H37N7O2. The fourth-order valence-corrected chi connectivity index (χ4v) is 3.56. The molecule has 2 atom stereocenters. The fraction of sp³-hybridized carbons (Fsp3) is 0.440. The van der Waals surface area contributed by atoms with Gasteiger partial charge in [0.05, 0.1) is 16.9 Å². The highest BCUT2D eigenvalue weighted by Crippen LogP contribution is 2.21. The summed E-state index contributed by atoms with van der Waals surface area (Å²) in [5.74, 6) is -0.379. The standard InChI is InChI=1S/C25H37N7O2/c1-6-28-9-10-29-25(34)20-12-23(18(3)30-16-20)31-24(33)13-22-8-7-19(11-17(2)32(22)5)21(14-26)15-27-4/h7-8,11-12,14-17,22,28H,6,9-10,13,26H2,1-5H3,(H,29,34)(H,31,33)/b21-14+,27-15?. The van der Waals surface area contributed by atoms with Crippen LogP contribution in [0.2, 0.25) is 0 Å². The molecule has 2 amide bonds. The number of amides is 2. The Balaban J connectivity index is 2.08. The van der Waals surface area contributed by atoms with E-state index in [0.29, 0.717) is 30.0 Å². The number of anilines is 1. The molecule has 0 saturated heterocycles. The Morgan fingerprint density at radius 1 is 1.32 bits per heavy atom. The summed E-state index contributed by atoms with van der Waals surface area (Å²) in [7, 11) is 3.68. The molecule has 0 bridgehead atoms. The van der Waals surface area contributed by atoms with E-state index < -0.39 is 0 Å². The van der Waals surface area contributed by atoms with Crippen LogP contribution >= 0.6 is 0 Å². The molecule has 0 saturated carbocycles. The van der Waals surface area contributed by atoms with Crippen LogP contribution in [-0.2, 0) is 4.79 Å². The number of likely N-dealkylation sites (N-methyl/N-ethyl adjacent to an activating group) is 2. The Kier molecular flexibility index (Phi) is 10.6. The number of hydrogen-bond acceptors (Lipinski definition) is 7. The number of allylic oxidation sites excluding steroid dienone is 3. The number of pyridine rings is 1. The second-order valence-corrected chi connectivity index (χ2v) is 8.18. The van der Waals surface area contributed by atoms with Gasteiger partial charge >= 0.3 is 0 Å². The maximum absolute atomic E-state index is 12.9. The van der Waals surface area contributed by atoms with Crippen molar-refractivity contribution in [1.82, 2.24) is 20.5 Å². The summed E-state index contributed by atoms with van der Waals surface area (Å²) in [4.78, 5) is 35.8. The van der Waals surface area contributed by atoms with Gasteiger partial charge in [-0.15, -0.1) is 0 Å². The van der Waals surface area contributed by atoms with Crippen molar-refractivity contribution in [2.75, 3.05) is 39.0 Å². The number of rotatable bonds is 10. The van der Waals surface area contributed by atoms with Crippen LogP contribution in [-0.4, -0.2) is 73.7 Å². The van der Waals surface area contributed by atoms with Crippen molar-refractivity contribution in [3.63, 3.8) is 0 Å². The third kappa shape index (κ3) is 7.64. The first-order valence-corrected chi connectivity index (χ1v) is 11.5. The Labute approximate surface area is 202 Å². The predicted molar refractivity (Wildman–Crippen MR) is 138 cm³/mol. The minimum Gasteiger partial charge on any atom is -0.404 e. The lowest BCUT2D eigenvalue weighted by Gasteiger charge is -2.28. The molecule has 2 unspecified atom stereocenters. The Hall–Kier alpha value is -3.30. The number of hydrogen-bond donors (Lipinski definition) is 4. The summed E-state index contributed by atoms with van der Waals surface area (Å²) >= 11 is 0. The molecule has 34 heavy (non-hydrogen) atoms. The van der Waals surface area contributed by atoms with Gasteiger partial charge in [-0.1, -0.05) is 25.2 Å². The first-order chi connectivity index (χ1) is 16.3. The van der Waals surface area contributed by atoms with Crippen molar-refractivity contribution in [2.45, 2.75) is 39.3 Å². The number of nitrogens with one attached hydrogen (secondary N) is 3. The smallest absolute Gasteiger partial charge is 0.252 e. The molecule has 9 nitrogen and oxygen atoms in total. The van der Waals surface area contributed by atoms with Crippen molar-refractivity contribution in [3.8, 4) is 0 Å². The maximum atomic E-state index is 12.9. The van der Waals surface area contributed by atoms with Gasteiger partial charge in [-0.05, 0) is 39.1 Å². The van der Waals surface area contributed by atoms with E-state index in [-0.39, 0.29) is 30.3 Å². The van der Waals surface area contributed by atoms with Crippen molar-refractivity contribution in [3.05, 3.63) is 59.1 Å². The highest BCUT2D eigenvalue weighted by Gasteiger charge is 2.23. The van der Waals surface area contributed by atoms with E-state index in [4.69, 9.17) is 5.73 Å². The zero-order chi connectivity index (χ0) is 25.1. The van der Waals surface area contributed by atoms with Crippen molar-refractivity contribution in [1.29, 1.82) is 0 Å². The second kappa shape index (κ2) is 13.4. The topological polar surface area (TPSA) is 125 Å². The molecule has 2 rings (SSSR count). The van der Waals surface area contributed by atoms with Crippen LogP contribution < -0.4 is 21.7 Å². The van der Waals surface area contributed by atoms with Gasteiger partial charge < -0.3 is 21.7 Å². The molecule has 184 valence electrons. The zero-order valence-electron chi connectivity index (χ0n) is 20.8. The van der Waals surface area contributed by atoms with Gasteiger partial charge in [0, 0.05) is 62.8 Å². The van der Waals surface area contributed by atoms with E-state index in [0.717, 1.165) is 17.7 Å². The largest absolute Gasteiger partial charge is 0.404 e. The number of aliphatic imine (C=N–C) groups is 1. The van der Waals surface area contributed by atoms with Gasteiger partial charge in [-0.25, -0.2) is 0 Å². The highest BCUT2D eigenvalue weighted by molar-refractivity contribution is 5.97. The van der Waals surface area contributed by atoms with Crippen molar-refractivity contribution >= 4 is 23.7 Å². The minimum absolute atomic E-state index is 0.0839. The Morgan fingerprint density at radius 3 is 2.76 bits per heavy atom. The van der Waals surface area contributed by atoms with Gasteiger partial charge in [0.15, 0.2) is 0 Å². The first-order valence-electron chi connectivity index (χ1n) is 11.5. The lowest BCUT2D eigenvalue weighted by molar-refractivity contribution is -0.117. The van der Waals surface area contributed by atoms with E-state index >= 15 is 0 Å². The average molecular weight is 468 g/mol. The molecule has 1 aliphatic heterocycles. The van der Waals surface area contributed by atoms with E-state index in [1.165, 1.54) is 12.4 Å². The third-order valence-electron chi connectivity index (χ3n) is 5.72. The fourth-order valence-electron chi connectivity index (χ4n) is 3.56. The molecule has 1 aliphatic rings. The second-order valence-electron chi connectivity index (χ2n) is 8.18. The maximum Gasteiger partial charge on any atom is 0.252 e. The predicted octanol–water partition coefficient (Wildman–Crippen LogP) is 1.79. The summed E-state index contributed by atoms with van der Waals surface area (Å²) in [5.41, 5.74) is 9.14. The molecule has 5 N–H and O–H groups in total. The lowest BCUT2D eigenvalue weighted by Crippen LogP contribution is -2.38. The van der Waals surface area contributed by atoms with Gasteiger partial charge in [0.25, 0.3) is 5.91 Å². The quantitative estimate of drug-likeness (QED) is 0.307. The van der Waals surface area contributed by atoms with Crippen LogP contribution in [0.4, 0.5) is 5.69 Å². The molecular weight excluding hydrogens is 430 g/mol. The number of nitrogens with two attached hydrogens (primary N) is 1. The SMILES string of the molecule is CCNCCNC(=O)c1cnc(C)c(NC(=O)CC2C=CC(/C(C=NC)=C/N)=CC(C)N2C)c1. The van der Waals surface area contributed by atoms with Crippen LogP contribution in [0.15, 0.2) is 52.8 Å². The van der Waals surface area contributed by atoms with Gasteiger partial charge in [0.1, 0.15) is 0 Å². The molecule has 1 aromatic heterocycles. The van der Waals surface area contributed by atoms with Crippen LogP contribution in [0.25, 0.3) is 0 Å². The number of aryl methyl sites for hydroxylation is 1. The molecule has 1 aromatic rings. The van der Waals surface area contributed by atoms with Gasteiger partial charge in [-0.2, -0.15) is 0 Å². The summed E-state index contributed by atoms with van der Waals surface area (Å²) in [6, 6.07) is 1.63. The molecule has 9 heteroatoms. The van der Waals surface area contributed by atoms with Gasteiger partial charge in [-0.3, -0.25) is 24.5 Å². The third-order valence-corrected chi connectivity index (χ3v) is 5.72. The summed E-state index contributed by atoms with van der Waals surface area (Å²) in [5, 5.41) is 8.93. The highest BCUT2D eigenvalue weighted by atomic mass is 16.2. The van der Waals surface area contributed by atoms with Crippen molar-refractivity contribution in [2.24, 2.45) is 10.7 Å². The molecule has 0 aromatic carbocycles. The number of aromatic nitrogens is 1. The zero-order valence-corrected chi connectivity index (χ0v) is 20.8. The minimum atomic E-state index is -0.223. The summed E-state index contributed by atoms with van der Waals surface area (Å²) in [6.07, 6.45) is 11.1.